The predicted molar refractivity (Wildman–Crippen MR) is 85.5 cm³/mol. The quantitative estimate of drug-likeness (QED) is 0.805. The Morgan fingerprint density at radius 3 is 2.67 bits per heavy atom. The monoisotopic (exact) mass is 347 g/mol. The van der Waals surface area contributed by atoms with Crippen LogP contribution in [0.5, 0.6) is 0 Å². The van der Waals surface area contributed by atoms with E-state index in [0.29, 0.717) is 11.3 Å². The van der Waals surface area contributed by atoms with E-state index in [4.69, 9.17) is 4.42 Å². The average Bonchev–Trinajstić information content (AvgIpc) is 2.99. The molecule has 21 heavy (non-hydrogen) atoms. The number of rotatable bonds is 2. The molecule has 2 aromatic rings. The maximum absolute atomic E-state index is 12.8. The lowest BCUT2D eigenvalue weighted by atomic mass is 10.1. The van der Waals surface area contributed by atoms with Crippen molar-refractivity contribution in [3.05, 3.63) is 56.9 Å². The number of benzene rings is 1. The van der Waals surface area contributed by atoms with E-state index in [-0.39, 0.29) is 11.9 Å². The van der Waals surface area contributed by atoms with Crippen LogP contribution in [0.4, 0.5) is 0 Å². The zero-order valence-electron chi connectivity index (χ0n) is 12.4. The van der Waals surface area contributed by atoms with E-state index < -0.39 is 0 Å². The van der Waals surface area contributed by atoms with Crippen LogP contribution in [0.25, 0.3) is 0 Å². The number of furan rings is 1. The Hall–Kier alpha value is -1.55. The maximum Gasteiger partial charge on any atom is 0.258 e. The van der Waals surface area contributed by atoms with E-state index in [1.165, 1.54) is 11.1 Å². The fraction of sp³-hybridized carbons (Fsp3) is 0.353. The lowest BCUT2D eigenvalue weighted by Gasteiger charge is -2.25. The van der Waals surface area contributed by atoms with Gasteiger partial charge in [0.05, 0.1) is 16.1 Å². The van der Waals surface area contributed by atoms with Crippen LogP contribution in [-0.4, -0.2) is 17.9 Å². The van der Waals surface area contributed by atoms with Gasteiger partial charge in [0.15, 0.2) is 0 Å². The molecule has 0 saturated heterocycles. The molecule has 0 fully saturated rings. The van der Waals surface area contributed by atoms with Crippen molar-refractivity contribution in [2.24, 2.45) is 0 Å². The minimum Gasteiger partial charge on any atom is -0.465 e. The molecule has 3 nitrogen and oxygen atoms in total. The van der Waals surface area contributed by atoms with Crippen molar-refractivity contribution in [2.75, 3.05) is 7.05 Å². The van der Waals surface area contributed by atoms with Crippen molar-refractivity contribution < 1.29 is 9.21 Å². The number of halogens is 1. The van der Waals surface area contributed by atoms with Gasteiger partial charge in [0.1, 0.15) is 11.5 Å². The highest BCUT2D eigenvalue weighted by atomic mass is 79.9. The second-order valence-corrected chi connectivity index (χ2v) is 6.37. The molecule has 1 aliphatic rings. The Bertz CT molecular complexity index is 705. The molecule has 1 aliphatic carbocycles. The van der Waals surface area contributed by atoms with Crippen LogP contribution in [-0.2, 0) is 6.42 Å². The van der Waals surface area contributed by atoms with E-state index in [9.17, 15) is 4.79 Å². The third-order valence-electron chi connectivity index (χ3n) is 4.29. The molecule has 1 aromatic heterocycles. The van der Waals surface area contributed by atoms with Crippen molar-refractivity contribution in [1.29, 1.82) is 0 Å². The summed E-state index contributed by atoms with van der Waals surface area (Å²) >= 11 is 3.47. The number of amides is 1. The van der Waals surface area contributed by atoms with Gasteiger partial charge >= 0.3 is 0 Å². The Morgan fingerprint density at radius 2 is 2.00 bits per heavy atom. The van der Waals surface area contributed by atoms with E-state index in [1.807, 2.05) is 31.9 Å². The Balaban J connectivity index is 1.93. The Morgan fingerprint density at radius 1 is 1.29 bits per heavy atom. The molecule has 0 aliphatic heterocycles. The molecule has 1 heterocycles. The molecule has 0 spiro atoms. The summed E-state index contributed by atoms with van der Waals surface area (Å²) in [4.78, 5) is 14.7. The van der Waals surface area contributed by atoms with Gasteiger partial charge in [-0.3, -0.25) is 4.79 Å². The first-order valence-electron chi connectivity index (χ1n) is 7.11. The SMILES string of the molecule is Cc1oc(C)c(C(=O)N(C)C2CCc3ccccc32)c1Br. The van der Waals surface area contributed by atoms with Gasteiger partial charge in [-0.2, -0.15) is 0 Å². The topological polar surface area (TPSA) is 33.5 Å². The van der Waals surface area contributed by atoms with Gasteiger partial charge in [-0.05, 0) is 53.7 Å². The number of carbonyl (C=O) groups excluding carboxylic acids is 1. The average molecular weight is 348 g/mol. The van der Waals surface area contributed by atoms with Gasteiger partial charge in [0.2, 0.25) is 0 Å². The fourth-order valence-electron chi connectivity index (χ4n) is 3.16. The van der Waals surface area contributed by atoms with Crippen LogP contribution < -0.4 is 0 Å². The summed E-state index contributed by atoms with van der Waals surface area (Å²) in [6.07, 6.45) is 2.01. The van der Waals surface area contributed by atoms with Gasteiger partial charge in [0, 0.05) is 7.05 Å². The molecule has 0 N–H and O–H groups in total. The molecular weight excluding hydrogens is 330 g/mol. The molecule has 0 saturated carbocycles. The van der Waals surface area contributed by atoms with Crippen LogP contribution in [0.3, 0.4) is 0 Å². The third kappa shape index (κ3) is 2.31. The van der Waals surface area contributed by atoms with Gasteiger partial charge in [-0.15, -0.1) is 0 Å². The van der Waals surface area contributed by atoms with E-state index in [2.05, 4.69) is 34.1 Å². The van der Waals surface area contributed by atoms with Crippen LogP contribution in [0, 0.1) is 13.8 Å². The van der Waals surface area contributed by atoms with Crippen molar-refractivity contribution in [3.63, 3.8) is 0 Å². The zero-order chi connectivity index (χ0) is 15.1. The van der Waals surface area contributed by atoms with Crippen LogP contribution in [0.15, 0.2) is 33.2 Å². The maximum atomic E-state index is 12.8. The molecular formula is C17H18BrNO2. The largest absolute Gasteiger partial charge is 0.465 e. The Labute approximate surface area is 133 Å². The molecule has 1 atom stereocenters. The summed E-state index contributed by atoms with van der Waals surface area (Å²) in [5.41, 5.74) is 3.25. The first-order valence-corrected chi connectivity index (χ1v) is 7.90. The summed E-state index contributed by atoms with van der Waals surface area (Å²) in [7, 11) is 1.88. The number of nitrogens with zero attached hydrogens (tertiary/aromatic N) is 1. The smallest absolute Gasteiger partial charge is 0.258 e. The number of carbonyl (C=O) groups is 1. The fourth-order valence-corrected chi connectivity index (χ4v) is 3.69. The van der Waals surface area contributed by atoms with Crippen molar-refractivity contribution in [3.8, 4) is 0 Å². The van der Waals surface area contributed by atoms with E-state index in [1.54, 1.807) is 0 Å². The van der Waals surface area contributed by atoms with Crippen LogP contribution in [0.2, 0.25) is 0 Å². The number of hydrogen-bond donors (Lipinski definition) is 0. The van der Waals surface area contributed by atoms with Gasteiger partial charge in [0.25, 0.3) is 5.91 Å². The molecule has 1 aromatic carbocycles. The highest BCUT2D eigenvalue weighted by Gasteiger charge is 2.31. The van der Waals surface area contributed by atoms with Crippen LogP contribution in [0.1, 0.15) is 45.5 Å². The minimum atomic E-state index is 0.0120. The summed E-state index contributed by atoms with van der Waals surface area (Å²) < 4.78 is 6.32. The summed E-state index contributed by atoms with van der Waals surface area (Å²) in [5.74, 6) is 1.43. The van der Waals surface area contributed by atoms with Crippen LogP contribution >= 0.6 is 15.9 Å². The van der Waals surface area contributed by atoms with E-state index in [0.717, 1.165) is 23.1 Å². The highest BCUT2D eigenvalue weighted by Crippen LogP contribution is 2.37. The number of aryl methyl sites for hydroxylation is 3. The second-order valence-electron chi connectivity index (χ2n) is 5.57. The summed E-state index contributed by atoms with van der Waals surface area (Å²) in [5, 5.41) is 0. The third-order valence-corrected chi connectivity index (χ3v) is 5.24. The molecule has 4 heteroatoms. The minimum absolute atomic E-state index is 0.0120. The molecule has 1 unspecified atom stereocenters. The molecule has 0 radical (unpaired) electrons. The first kappa shape index (κ1) is 14.4. The van der Waals surface area contributed by atoms with Gasteiger partial charge in [-0.1, -0.05) is 24.3 Å². The summed E-state index contributed by atoms with van der Waals surface area (Å²) in [6, 6.07) is 8.52. The first-order chi connectivity index (χ1) is 10.0. The predicted octanol–water partition coefficient (Wildman–Crippen LogP) is 4.42. The Kier molecular flexibility index (Phi) is 3.66. The highest BCUT2D eigenvalue weighted by molar-refractivity contribution is 9.10. The second kappa shape index (κ2) is 5.34. The number of hydrogen-bond acceptors (Lipinski definition) is 2. The lowest BCUT2D eigenvalue weighted by Crippen LogP contribution is -2.30. The number of fused-ring (bicyclic) bond motifs is 1. The normalized spacial score (nSPS) is 16.9. The molecule has 3 rings (SSSR count). The lowest BCUT2D eigenvalue weighted by molar-refractivity contribution is 0.0728. The molecule has 0 bridgehead atoms. The van der Waals surface area contributed by atoms with Crippen molar-refractivity contribution in [1.82, 2.24) is 4.90 Å². The van der Waals surface area contributed by atoms with Crippen molar-refractivity contribution >= 4 is 21.8 Å². The zero-order valence-corrected chi connectivity index (χ0v) is 14.0. The van der Waals surface area contributed by atoms with Gasteiger partial charge in [-0.25, -0.2) is 0 Å². The molecule has 110 valence electrons. The van der Waals surface area contributed by atoms with Gasteiger partial charge < -0.3 is 9.32 Å². The molecule has 1 amide bonds. The summed E-state index contributed by atoms with van der Waals surface area (Å²) in [6.45, 7) is 3.69. The standard InChI is InChI=1S/C17H18BrNO2/c1-10-15(16(18)11(2)21-10)17(20)19(3)14-9-8-12-6-4-5-7-13(12)14/h4-7,14H,8-9H2,1-3H3. The van der Waals surface area contributed by atoms with E-state index >= 15 is 0 Å². The van der Waals surface area contributed by atoms with Crippen molar-refractivity contribution in [2.45, 2.75) is 32.7 Å².